The number of carbonyl (C=O) groups is 1. The zero-order valence-electron chi connectivity index (χ0n) is 19.2. The van der Waals surface area contributed by atoms with Crippen LogP contribution in [0.1, 0.15) is 47.0 Å². The molecule has 3 aromatic rings. The Hall–Kier alpha value is -3.48. The molecule has 3 aromatic heterocycles. The minimum Gasteiger partial charge on any atom is -0.339 e. The smallest absolute Gasteiger partial charge is 0.246 e. The molecule has 7 heteroatoms. The normalized spacial score (nSPS) is 16.5. The fourth-order valence-electron chi connectivity index (χ4n) is 4.25. The van der Waals surface area contributed by atoms with Crippen molar-refractivity contribution in [1.29, 1.82) is 0 Å². The van der Waals surface area contributed by atoms with Crippen molar-refractivity contribution >= 4 is 23.6 Å². The third-order valence-corrected chi connectivity index (χ3v) is 6.09. The fourth-order valence-corrected chi connectivity index (χ4v) is 4.25. The van der Waals surface area contributed by atoms with E-state index >= 15 is 0 Å². The lowest BCUT2D eigenvalue weighted by molar-refractivity contribution is -0.127. The molecule has 0 bridgehead atoms. The standard InChI is InChI=1S/C25H30N6O/c1-17-7-5-9-23(27-17)28-24-15-20(12-13-26-24)21-8-6-14-31(16-21)25(32)11-10-22-18(2)29-30(4)19(22)3/h5,7,9-13,15,21H,6,8,14,16H2,1-4H3,(H,26,27,28)/b11-10+. The van der Waals surface area contributed by atoms with Crippen molar-refractivity contribution in [1.82, 2.24) is 24.6 Å². The number of anilines is 2. The molecule has 0 aliphatic carbocycles. The van der Waals surface area contributed by atoms with E-state index < -0.39 is 0 Å². The highest BCUT2D eigenvalue weighted by Gasteiger charge is 2.24. The van der Waals surface area contributed by atoms with Gasteiger partial charge in [-0.25, -0.2) is 9.97 Å². The molecule has 4 heterocycles. The first-order valence-corrected chi connectivity index (χ1v) is 11.0. The number of piperidine rings is 1. The Morgan fingerprint density at radius 3 is 2.78 bits per heavy atom. The number of aromatic nitrogens is 4. The maximum absolute atomic E-state index is 12.9. The Labute approximate surface area is 189 Å². The van der Waals surface area contributed by atoms with Crippen LogP contribution in [-0.4, -0.2) is 43.6 Å². The maximum atomic E-state index is 12.9. The van der Waals surface area contributed by atoms with Crippen molar-refractivity contribution in [3.63, 3.8) is 0 Å². The first-order chi connectivity index (χ1) is 15.4. The number of aryl methyl sites for hydroxylation is 3. The van der Waals surface area contributed by atoms with Crippen LogP contribution in [-0.2, 0) is 11.8 Å². The fraction of sp³-hybridized carbons (Fsp3) is 0.360. The summed E-state index contributed by atoms with van der Waals surface area (Å²) in [5.74, 6) is 1.89. The van der Waals surface area contributed by atoms with E-state index in [0.29, 0.717) is 6.54 Å². The summed E-state index contributed by atoms with van der Waals surface area (Å²) in [6.07, 6.45) is 7.44. The molecule has 32 heavy (non-hydrogen) atoms. The van der Waals surface area contributed by atoms with Gasteiger partial charge in [0.05, 0.1) is 5.69 Å². The van der Waals surface area contributed by atoms with E-state index in [-0.39, 0.29) is 11.8 Å². The van der Waals surface area contributed by atoms with Crippen LogP contribution in [0.4, 0.5) is 11.6 Å². The van der Waals surface area contributed by atoms with Gasteiger partial charge < -0.3 is 10.2 Å². The second-order valence-corrected chi connectivity index (χ2v) is 8.43. The van der Waals surface area contributed by atoms with Gasteiger partial charge in [-0.15, -0.1) is 0 Å². The highest BCUT2D eigenvalue weighted by atomic mass is 16.2. The number of hydrogen-bond acceptors (Lipinski definition) is 5. The molecule has 1 saturated heterocycles. The summed E-state index contributed by atoms with van der Waals surface area (Å²) in [7, 11) is 1.92. The van der Waals surface area contributed by atoms with E-state index in [9.17, 15) is 4.79 Å². The number of nitrogens with zero attached hydrogens (tertiary/aromatic N) is 5. The van der Waals surface area contributed by atoms with Gasteiger partial charge in [0.15, 0.2) is 0 Å². The molecule has 1 aliphatic heterocycles. The van der Waals surface area contributed by atoms with Gasteiger partial charge in [0.2, 0.25) is 5.91 Å². The molecule has 0 saturated carbocycles. The van der Waals surface area contributed by atoms with E-state index in [4.69, 9.17) is 0 Å². The lowest BCUT2D eigenvalue weighted by Gasteiger charge is -2.32. The lowest BCUT2D eigenvalue weighted by Crippen LogP contribution is -2.38. The summed E-state index contributed by atoms with van der Waals surface area (Å²) in [4.78, 5) is 23.8. The van der Waals surface area contributed by atoms with Crippen LogP contribution in [0.15, 0.2) is 42.6 Å². The Kier molecular flexibility index (Phi) is 6.35. The molecular weight excluding hydrogens is 400 g/mol. The van der Waals surface area contributed by atoms with Crippen molar-refractivity contribution in [2.45, 2.75) is 39.5 Å². The van der Waals surface area contributed by atoms with Gasteiger partial charge in [0.25, 0.3) is 0 Å². The average Bonchev–Trinajstić information content (AvgIpc) is 3.03. The summed E-state index contributed by atoms with van der Waals surface area (Å²) < 4.78 is 1.84. The van der Waals surface area contributed by atoms with Crippen molar-refractivity contribution in [3.8, 4) is 0 Å². The molecule has 4 rings (SSSR count). The van der Waals surface area contributed by atoms with Gasteiger partial charge in [-0.2, -0.15) is 5.10 Å². The molecule has 1 aliphatic rings. The van der Waals surface area contributed by atoms with Crippen molar-refractivity contribution in [2.75, 3.05) is 18.4 Å². The summed E-state index contributed by atoms with van der Waals surface area (Å²) in [6.45, 7) is 7.44. The second-order valence-electron chi connectivity index (χ2n) is 8.43. The van der Waals surface area contributed by atoms with Gasteiger partial charge in [-0.1, -0.05) is 6.07 Å². The van der Waals surface area contributed by atoms with Gasteiger partial charge in [-0.05, 0) is 69.5 Å². The zero-order valence-corrected chi connectivity index (χ0v) is 19.2. The van der Waals surface area contributed by atoms with Gasteiger partial charge in [0.1, 0.15) is 11.6 Å². The number of hydrogen-bond donors (Lipinski definition) is 1. The lowest BCUT2D eigenvalue weighted by atomic mass is 9.91. The van der Waals surface area contributed by atoms with Crippen LogP contribution in [0.5, 0.6) is 0 Å². The minimum absolute atomic E-state index is 0.0497. The molecule has 0 aromatic carbocycles. The molecular formula is C25H30N6O. The van der Waals surface area contributed by atoms with E-state index in [2.05, 4.69) is 26.4 Å². The van der Waals surface area contributed by atoms with Crippen molar-refractivity contribution < 1.29 is 4.79 Å². The largest absolute Gasteiger partial charge is 0.339 e. The summed E-state index contributed by atoms with van der Waals surface area (Å²) >= 11 is 0. The first kappa shape index (κ1) is 21.7. The van der Waals surface area contributed by atoms with Crippen molar-refractivity contribution in [2.24, 2.45) is 7.05 Å². The Balaban J connectivity index is 1.44. The second kappa shape index (κ2) is 9.34. The molecule has 1 N–H and O–H groups in total. The predicted molar refractivity (Wildman–Crippen MR) is 127 cm³/mol. The van der Waals surface area contributed by atoms with E-state index in [1.165, 1.54) is 5.56 Å². The van der Waals surface area contributed by atoms with Gasteiger partial charge in [-0.3, -0.25) is 9.48 Å². The summed E-state index contributed by atoms with van der Waals surface area (Å²) in [6, 6.07) is 9.99. The minimum atomic E-state index is 0.0497. The molecule has 1 fully saturated rings. The molecule has 7 nitrogen and oxygen atoms in total. The van der Waals surface area contributed by atoms with Crippen LogP contribution in [0.25, 0.3) is 6.08 Å². The molecule has 0 radical (unpaired) electrons. The number of likely N-dealkylation sites (tertiary alicyclic amines) is 1. The number of carbonyl (C=O) groups excluding carboxylic acids is 1. The SMILES string of the molecule is Cc1cccc(Nc2cc(C3CCCN(C(=O)/C=C/c4c(C)nn(C)c4C)C3)ccn2)n1. The highest BCUT2D eigenvalue weighted by Crippen LogP contribution is 2.28. The van der Waals surface area contributed by atoms with E-state index in [1.54, 1.807) is 6.08 Å². The predicted octanol–water partition coefficient (Wildman–Crippen LogP) is 4.30. The first-order valence-electron chi connectivity index (χ1n) is 11.0. The zero-order chi connectivity index (χ0) is 22.7. The molecule has 1 amide bonds. The van der Waals surface area contributed by atoms with Crippen LogP contribution < -0.4 is 5.32 Å². The Morgan fingerprint density at radius 2 is 2.03 bits per heavy atom. The monoisotopic (exact) mass is 430 g/mol. The summed E-state index contributed by atoms with van der Waals surface area (Å²) in [5.41, 5.74) is 5.16. The average molecular weight is 431 g/mol. The maximum Gasteiger partial charge on any atom is 0.246 e. The Morgan fingerprint density at radius 1 is 1.19 bits per heavy atom. The number of amides is 1. The highest BCUT2D eigenvalue weighted by molar-refractivity contribution is 5.92. The topological polar surface area (TPSA) is 75.9 Å². The molecule has 1 atom stereocenters. The third-order valence-electron chi connectivity index (χ3n) is 6.09. The van der Waals surface area contributed by atoms with Crippen LogP contribution in [0, 0.1) is 20.8 Å². The molecule has 0 spiro atoms. The Bertz CT molecular complexity index is 1150. The molecule has 1 unspecified atom stereocenters. The van der Waals surface area contributed by atoms with Crippen LogP contribution >= 0.6 is 0 Å². The molecule has 166 valence electrons. The van der Waals surface area contributed by atoms with Gasteiger partial charge in [0, 0.05) is 55.3 Å². The van der Waals surface area contributed by atoms with Crippen LogP contribution in [0.3, 0.4) is 0 Å². The van der Waals surface area contributed by atoms with E-state index in [1.807, 2.05) is 73.9 Å². The van der Waals surface area contributed by atoms with E-state index in [0.717, 1.165) is 53.7 Å². The van der Waals surface area contributed by atoms with Gasteiger partial charge >= 0.3 is 0 Å². The summed E-state index contributed by atoms with van der Waals surface area (Å²) in [5, 5.41) is 7.71. The third kappa shape index (κ3) is 4.88. The quantitative estimate of drug-likeness (QED) is 0.611. The van der Waals surface area contributed by atoms with Crippen LogP contribution in [0.2, 0.25) is 0 Å². The van der Waals surface area contributed by atoms with Crippen molar-refractivity contribution in [3.05, 3.63) is 70.8 Å². The number of rotatable bonds is 5. The number of pyridine rings is 2. The number of nitrogens with one attached hydrogen (secondary N) is 1.